The maximum atomic E-state index is 13.5. The summed E-state index contributed by atoms with van der Waals surface area (Å²) in [6, 6.07) is 8.84. The summed E-state index contributed by atoms with van der Waals surface area (Å²) < 4.78 is 31.0. The first-order valence-electron chi connectivity index (χ1n) is 6.98. The molecule has 1 aliphatic rings. The fourth-order valence-corrected chi connectivity index (χ4v) is 3.57. The van der Waals surface area contributed by atoms with E-state index >= 15 is 0 Å². The van der Waals surface area contributed by atoms with Crippen LogP contribution in [0.1, 0.15) is 27.9 Å². The predicted molar refractivity (Wildman–Crippen MR) is 83.4 cm³/mol. The van der Waals surface area contributed by atoms with E-state index < -0.39 is 13.6 Å². The van der Waals surface area contributed by atoms with Crippen molar-refractivity contribution in [1.82, 2.24) is 0 Å². The van der Waals surface area contributed by atoms with Crippen molar-refractivity contribution in [1.29, 1.82) is 5.26 Å². The van der Waals surface area contributed by atoms with E-state index in [1.54, 1.807) is 18.8 Å². The Bertz CT molecular complexity index is 886. The van der Waals surface area contributed by atoms with Crippen molar-refractivity contribution in [3.05, 3.63) is 52.8 Å². The molecule has 114 valence electrons. The summed E-state index contributed by atoms with van der Waals surface area (Å²) >= 11 is 0. The molecule has 0 fully saturated rings. The molecular weight excluding hydrogens is 316 g/mol. The first kappa shape index (κ1) is 15.3. The molecule has 0 spiro atoms. The Balaban J connectivity index is 2.06. The Labute approximate surface area is 133 Å². The van der Waals surface area contributed by atoms with Crippen LogP contribution in [0.15, 0.2) is 30.3 Å². The van der Waals surface area contributed by atoms with Gasteiger partial charge in [-0.15, -0.1) is 0 Å². The maximum Gasteiger partial charge on any atom is 0.374 e. The zero-order chi connectivity index (χ0) is 16.6. The first-order chi connectivity index (χ1) is 11.0. The van der Waals surface area contributed by atoms with Crippen molar-refractivity contribution >= 4 is 18.9 Å². The number of ketones is 1. The summed E-state index contributed by atoms with van der Waals surface area (Å²) in [6.45, 7) is 1.56. The summed E-state index contributed by atoms with van der Waals surface area (Å²) in [5.74, 6) is 0.000287. The zero-order valence-corrected chi connectivity index (χ0v) is 13.2. The highest BCUT2D eigenvalue weighted by atomic mass is 31.1. The number of rotatable bonds is 3. The largest absolute Gasteiger partial charge is 0.457 e. The van der Waals surface area contributed by atoms with Gasteiger partial charge in [-0.1, -0.05) is 4.57 Å². The van der Waals surface area contributed by atoms with Crippen molar-refractivity contribution in [2.24, 2.45) is 0 Å². The number of carbonyl (C=O) groups excluding carboxylic acids is 1. The molecule has 0 saturated carbocycles. The number of fused-ring (bicyclic) bond motifs is 1. The van der Waals surface area contributed by atoms with Gasteiger partial charge in [0.1, 0.15) is 24.0 Å². The molecular formula is C17H12FNO3P+. The summed E-state index contributed by atoms with van der Waals surface area (Å²) in [4.78, 5) is 12.1. The number of Topliss-reactive ketones (excluding diaryl/α,β-unsaturated/α-hetero) is 1. The number of hydrogen-bond donors (Lipinski definition) is 0. The van der Waals surface area contributed by atoms with Crippen LogP contribution in [0.25, 0.3) is 0 Å². The highest BCUT2D eigenvalue weighted by molar-refractivity contribution is 7.52. The first-order valence-corrected chi connectivity index (χ1v) is 8.68. The highest BCUT2D eigenvalue weighted by Crippen LogP contribution is 2.36. The van der Waals surface area contributed by atoms with Crippen LogP contribution < -0.4 is 10.0 Å². The van der Waals surface area contributed by atoms with Crippen LogP contribution in [0.5, 0.6) is 11.5 Å². The zero-order valence-electron chi connectivity index (χ0n) is 12.3. The van der Waals surface area contributed by atoms with Gasteiger partial charge in [-0.3, -0.25) is 4.79 Å². The molecule has 0 aliphatic heterocycles. The molecule has 0 amide bonds. The number of benzene rings is 2. The second kappa shape index (κ2) is 5.91. The van der Waals surface area contributed by atoms with Gasteiger partial charge in [-0.2, -0.15) is 5.26 Å². The fraction of sp³-hybridized carbons (Fsp3) is 0.176. The van der Waals surface area contributed by atoms with Gasteiger partial charge in [0.2, 0.25) is 5.30 Å². The van der Waals surface area contributed by atoms with E-state index in [2.05, 4.69) is 0 Å². The molecule has 0 N–H and O–H groups in total. The lowest BCUT2D eigenvalue weighted by atomic mass is 10.1. The molecule has 0 bridgehead atoms. The van der Waals surface area contributed by atoms with E-state index in [1.807, 2.05) is 6.07 Å². The van der Waals surface area contributed by atoms with E-state index in [-0.39, 0.29) is 17.1 Å². The smallest absolute Gasteiger partial charge is 0.374 e. The van der Waals surface area contributed by atoms with Gasteiger partial charge in [-0.05, 0) is 30.7 Å². The van der Waals surface area contributed by atoms with Crippen LogP contribution in [-0.2, 0) is 11.0 Å². The molecule has 0 saturated heterocycles. The van der Waals surface area contributed by atoms with Gasteiger partial charge in [0.25, 0.3) is 0 Å². The number of hydrogen-bond acceptors (Lipinski definition) is 4. The lowest BCUT2D eigenvalue weighted by Gasteiger charge is -2.10. The minimum atomic E-state index is -1.64. The van der Waals surface area contributed by atoms with Gasteiger partial charge in [-0.25, -0.2) is 4.39 Å². The molecule has 1 aliphatic carbocycles. The monoisotopic (exact) mass is 328 g/mol. The molecule has 2 aromatic carbocycles. The van der Waals surface area contributed by atoms with Crippen molar-refractivity contribution in [2.45, 2.75) is 12.8 Å². The van der Waals surface area contributed by atoms with Crippen LogP contribution in [-0.4, -0.2) is 12.4 Å². The predicted octanol–water partition coefficient (Wildman–Crippen LogP) is 3.70. The standard InChI is InChI=1S/C17H12FNO3P/c1-23(21)16-5-4-15(13-2-3-14(20)17(13)16)22-12-7-10(9-19)6-11(18)8-12/h4-8H,2-3H2,1H3/q+1. The third-order valence-electron chi connectivity index (χ3n) is 3.70. The van der Waals surface area contributed by atoms with E-state index in [4.69, 9.17) is 10.00 Å². The average molecular weight is 328 g/mol. The summed E-state index contributed by atoms with van der Waals surface area (Å²) in [5, 5.41) is 9.42. The van der Waals surface area contributed by atoms with Gasteiger partial charge in [0.15, 0.2) is 5.78 Å². The van der Waals surface area contributed by atoms with E-state index in [1.165, 1.54) is 12.1 Å². The number of nitriles is 1. The highest BCUT2D eigenvalue weighted by Gasteiger charge is 2.32. The molecule has 6 heteroatoms. The van der Waals surface area contributed by atoms with E-state index in [0.29, 0.717) is 35.0 Å². The molecule has 0 radical (unpaired) electrons. The maximum absolute atomic E-state index is 13.5. The molecule has 2 aromatic rings. The van der Waals surface area contributed by atoms with Crippen LogP contribution in [0.2, 0.25) is 0 Å². The summed E-state index contributed by atoms with van der Waals surface area (Å²) in [7, 11) is -1.64. The van der Waals surface area contributed by atoms with Gasteiger partial charge >= 0.3 is 7.80 Å². The number of ether oxygens (including phenoxy) is 1. The van der Waals surface area contributed by atoms with Crippen LogP contribution in [0.3, 0.4) is 0 Å². The lowest BCUT2D eigenvalue weighted by Crippen LogP contribution is -2.10. The van der Waals surface area contributed by atoms with Crippen LogP contribution in [0, 0.1) is 17.1 Å². The van der Waals surface area contributed by atoms with Crippen molar-refractivity contribution in [3.8, 4) is 17.6 Å². The topological polar surface area (TPSA) is 67.2 Å². The average Bonchev–Trinajstić information content (AvgIpc) is 2.89. The van der Waals surface area contributed by atoms with Gasteiger partial charge < -0.3 is 4.74 Å². The van der Waals surface area contributed by atoms with E-state index in [9.17, 15) is 13.8 Å². The van der Waals surface area contributed by atoms with Crippen molar-refractivity contribution < 1.29 is 18.5 Å². The second-order valence-electron chi connectivity index (χ2n) is 5.25. The molecule has 3 rings (SSSR count). The van der Waals surface area contributed by atoms with Crippen LogP contribution >= 0.6 is 7.80 Å². The summed E-state index contributed by atoms with van der Waals surface area (Å²) in [6.07, 6.45) is 0.847. The Morgan fingerprint density at radius 1 is 1.26 bits per heavy atom. The molecule has 0 heterocycles. The molecule has 1 atom stereocenters. The molecule has 1 unspecified atom stereocenters. The third-order valence-corrected chi connectivity index (χ3v) is 4.75. The Morgan fingerprint density at radius 3 is 2.74 bits per heavy atom. The SMILES string of the molecule is C[P+](=O)c1ccc(Oc2cc(F)cc(C#N)c2)c2c1C(=O)CC2. The molecule has 0 aromatic heterocycles. The van der Waals surface area contributed by atoms with Crippen molar-refractivity contribution in [2.75, 3.05) is 6.66 Å². The normalized spacial score (nSPS) is 13.4. The minimum Gasteiger partial charge on any atom is -0.457 e. The summed E-state index contributed by atoms with van der Waals surface area (Å²) in [5.41, 5.74) is 1.31. The van der Waals surface area contributed by atoms with Crippen LogP contribution in [0.4, 0.5) is 4.39 Å². The minimum absolute atomic E-state index is 0.0531. The number of carbonyl (C=O) groups is 1. The quantitative estimate of drug-likeness (QED) is 0.806. The Hall–Kier alpha value is -2.57. The second-order valence-corrected chi connectivity index (χ2v) is 6.72. The Kier molecular flexibility index (Phi) is 3.94. The Morgan fingerprint density at radius 2 is 2.04 bits per heavy atom. The fourth-order valence-electron chi connectivity index (χ4n) is 2.71. The number of nitrogens with zero attached hydrogens (tertiary/aromatic N) is 1. The molecule has 4 nitrogen and oxygen atoms in total. The van der Waals surface area contributed by atoms with Gasteiger partial charge in [0, 0.05) is 18.1 Å². The van der Waals surface area contributed by atoms with Gasteiger partial charge in [0.05, 0.1) is 17.2 Å². The molecule has 23 heavy (non-hydrogen) atoms. The lowest BCUT2D eigenvalue weighted by molar-refractivity contribution is 0.0995. The van der Waals surface area contributed by atoms with E-state index in [0.717, 1.165) is 6.07 Å². The third kappa shape index (κ3) is 2.86. The number of halogens is 1. The van der Waals surface area contributed by atoms with Crippen molar-refractivity contribution in [3.63, 3.8) is 0 Å².